The van der Waals surface area contributed by atoms with Gasteiger partial charge in [0.2, 0.25) is 0 Å². The summed E-state index contributed by atoms with van der Waals surface area (Å²) < 4.78 is 29.5. The summed E-state index contributed by atoms with van der Waals surface area (Å²) in [5, 5.41) is 11.2. The van der Waals surface area contributed by atoms with E-state index in [0.29, 0.717) is 25.6 Å². The van der Waals surface area contributed by atoms with Crippen LogP contribution >= 0.6 is 0 Å². The molecule has 0 aromatic carbocycles. The van der Waals surface area contributed by atoms with Gasteiger partial charge in [0.15, 0.2) is 12.6 Å². The molecule has 25 heavy (non-hydrogen) atoms. The Morgan fingerprint density at radius 1 is 0.960 bits per heavy atom. The third-order valence-corrected chi connectivity index (χ3v) is 5.04. The highest BCUT2D eigenvalue weighted by molar-refractivity contribution is 5.02. The molecule has 0 aromatic rings. The molecular formula is C19H36O6. The molecule has 2 aliphatic heterocycles. The highest BCUT2D eigenvalue weighted by Gasteiger charge is 2.54. The molecule has 2 heterocycles. The number of aliphatic hydroxyl groups excluding tert-OH is 1. The Kier molecular flexibility index (Phi) is 7.27. The fourth-order valence-electron chi connectivity index (χ4n) is 3.72. The monoisotopic (exact) mass is 360 g/mol. The van der Waals surface area contributed by atoms with Crippen molar-refractivity contribution < 1.29 is 28.8 Å². The normalized spacial score (nSPS) is 34.2. The van der Waals surface area contributed by atoms with Crippen LogP contribution in [0.1, 0.15) is 48.0 Å². The van der Waals surface area contributed by atoms with Crippen molar-refractivity contribution in [2.45, 2.75) is 84.5 Å². The molecular weight excluding hydrogens is 324 g/mol. The fourth-order valence-corrected chi connectivity index (χ4v) is 3.72. The lowest BCUT2D eigenvalue weighted by Gasteiger charge is -2.43. The molecule has 0 bridgehead atoms. The molecule has 6 heteroatoms. The molecule has 2 saturated heterocycles. The van der Waals surface area contributed by atoms with Gasteiger partial charge in [0.05, 0.1) is 13.2 Å². The van der Waals surface area contributed by atoms with Gasteiger partial charge in [-0.1, -0.05) is 41.5 Å². The van der Waals surface area contributed by atoms with Gasteiger partial charge in [-0.05, 0) is 12.3 Å². The topological polar surface area (TPSA) is 66.4 Å². The Labute approximate surface area is 152 Å². The predicted octanol–water partition coefficient (Wildman–Crippen LogP) is 2.57. The van der Waals surface area contributed by atoms with Gasteiger partial charge >= 0.3 is 0 Å². The second-order valence-corrected chi connectivity index (χ2v) is 8.39. The molecule has 0 radical (unpaired) electrons. The van der Waals surface area contributed by atoms with Gasteiger partial charge < -0.3 is 28.8 Å². The van der Waals surface area contributed by atoms with E-state index in [2.05, 4.69) is 27.7 Å². The molecule has 6 unspecified atom stereocenters. The first-order chi connectivity index (χ1) is 11.7. The zero-order valence-electron chi connectivity index (χ0n) is 16.7. The molecule has 0 spiro atoms. The molecule has 6 atom stereocenters. The number of aliphatic hydroxyl groups is 1. The molecule has 2 aliphatic rings. The molecule has 6 nitrogen and oxygen atoms in total. The van der Waals surface area contributed by atoms with E-state index in [1.165, 1.54) is 0 Å². The first-order valence-electron chi connectivity index (χ1n) is 9.48. The van der Waals surface area contributed by atoms with Gasteiger partial charge in [-0.3, -0.25) is 0 Å². The predicted molar refractivity (Wildman–Crippen MR) is 94.1 cm³/mol. The van der Waals surface area contributed by atoms with Crippen LogP contribution < -0.4 is 0 Å². The van der Waals surface area contributed by atoms with Crippen LogP contribution in [0.4, 0.5) is 0 Å². The first-order valence-corrected chi connectivity index (χ1v) is 9.48. The van der Waals surface area contributed by atoms with Gasteiger partial charge in [0.1, 0.15) is 23.9 Å². The first kappa shape index (κ1) is 21.1. The van der Waals surface area contributed by atoms with E-state index in [4.69, 9.17) is 23.7 Å². The van der Waals surface area contributed by atoms with Crippen LogP contribution in [0.2, 0.25) is 0 Å². The minimum Gasteiger partial charge on any atom is -0.387 e. The zero-order chi connectivity index (χ0) is 18.8. The second kappa shape index (κ2) is 8.63. The number of ether oxygens (including phenoxy) is 5. The summed E-state index contributed by atoms with van der Waals surface area (Å²) in [5.74, 6) is 0.794. The minimum absolute atomic E-state index is 0.232. The fraction of sp³-hybridized carbons (Fsp3) is 1.00. The van der Waals surface area contributed by atoms with Gasteiger partial charge in [-0.15, -0.1) is 0 Å². The summed E-state index contributed by atoms with van der Waals surface area (Å²) in [6, 6.07) is 0. The Balaban J connectivity index is 2.20. The summed E-state index contributed by atoms with van der Waals surface area (Å²) in [6.45, 7) is 13.2. The molecule has 2 rings (SSSR count). The van der Waals surface area contributed by atoms with Crippen molar-refractivity contribution in [3.05, 3.63) is 0 Å². The number of hydrogen-bond acceptors (Lipinski definition) is 6. The molecule has 0 aromatic heterocycles. The van der Waals surface area contributed by atoms with Crippen molar-refractivity contribution in [2.24, 2.45) is 17.8 Å². The van der Waals surface area contributed by atoms with Crippen molar-refractivity contribution in [3.63, 3.8) is 0 Å². The Morgan fingerprint density at radius 2 is 1.52 bits per heavy atom. The largest absolute Gasteiger partial charge is 0.387 e. The summed E-state index contributed by atoms with van der Waals surface area (Å²) in [7, 11) is 1.63. The van der Waals surface area contributed by atoms with Crippen LogP contribution in [0.15, 0.2) is 0 Å². The maximum absolute atomic E-state index is 11.2. The van der Waals surface area contributed by atoms with E-state index in [1.807, 2.05) is 13.8 Å². The summed E-state index contributed by atoms with van der Waals surface area (Å²) in [4.78, 5) is 0. The minimum atomic E-state index is -0.891. The number of rotatable bonds is 8. The zero-order valence-corrected chi connectivity index (χ0v) is 16.7. The van der Waals surface area contributed by atoms with Gasteiger partial charge in [0.25, 0.3) is 0 Å². The Hall–Kier alpha value is -0.240. The smallest absolute Gasteiger partial charge is 0.160 e. The van der Waals surface area contributed by atoms with Crippen molar-refractivity contribution in [1.82, 2.24) is 0 Å². The van der Waals surface area contributed by atoms with E-state index in [1.54, 1.807) is 7.11 Å². The van der Waals surface area contributed by atoms with Crippen molar-refractivity contribution >= 4 is 0 Å². The Morgan fingerprint density at radius 3 is 1.96 bits per heavy atom. The van der Waals surface area contributed by atoms with Gasteiger partial charge in [-0.25, -0.2) is 0 Å². The van der Waals surface area contributed by atoms with Crippen LogP contribution in [0.25, 0.3) is 0 Å². The van der Waals surface area contributed by atoms with E-state index < -0.39 is 17.8 Å². The average molecular weight is 360 g/mol. The summed E-state index contributed by atoms with van der Waals surface area (Å²) in [5.41, 5.74) is -0.891. The van der Waals surface area contributed by atoms with Crippen LogP contribution in [0, 0.1) is 17.8 Å². The molecule has 2 fully saturated rings. The number of hydrogen-bond donors (Lipinski definition) is 1. The second-order valence-electron chi connectivity index (χ2n) is 8.39. The van der Waals surface area contributed by atoms with Crippen molar-refractivity contribution in [2.75, 3.05) is 20.3 Å². The molecule has 0 saturated carbocycles. The van der Waals surface area contributed by atoms with E-state index >= 15 is 0 Å². The summed E-state index contributed by atoms with van der Waals surface area (Å²) in [6.07, 6.45) is -1.56. The van der Waals surface area contributed by atoms with Crippen molar-refractivity contribution in [3.8, 4) is 0 Å². The van der Waals surface area contributed by atoms with Gasteiger partial charge in [0, 0.05) is 18.9 Å². The standard InChI is InChI=1S/C19H36O6/c1-11(2)8-19(21-7,15-10-23-18(25-15)13(5)6)16(20)14-9-22-17(24-14)12(3)4/h11-18,20H,8-10H2,1-7H3. The Bertz CT molecular complexity index is 413. The van der Waals surface area contributed by atoms with E-state index in [9.17, 15) is 5.11 Å². The highest BCUT2D eigenvalue weighted by atomic mass is 16.7. The third kappa shape index (κ3) is 4.54. The summed E-state index contributed by atoms with van der Waals surface area (Å²) >= 11 is 0. The lowest BCUT2D eigenvalue weighted by Crippen LogP contribution is -2.60. The molecule has 148 valence electrons. The van der Waals surface area contributed by atoms with Crippen LogP contribution in [-0.4, -0.2) is 61.9 Å². The van der Waals surface area contributed by atoms with E-state index in [0.717, 1.165) is 0 Å². The van der Waals surface area contributed by atoms with Crippen LogP contribution in [0.3, 0.4) is 0 Å². The molecule has 0 amide bonds. The number of methoxy groups -OCH3 is 1. The maximum Gasteiger partial charge on any atom is 0.160 e. The molecule has 1 N–H and O–H groups in total. The van der Waals surface area contributed by atoms with Crippen LogP contribution in [0.5, 0.6) is 0 Å². The quantitative estimate of drug-likeness (QED) is 0.718. The molecule has 0 aliphatic carbocycles. The average Bonchev–Trinajstić information content (AvgIpc) is 3.20. The lowest BCUT2D eigenvalue weighted by atomic mass is 9.80. The van der Waals surface area contributed by atoms with E-state index in [-0.39, 0.29) is 30.5 Å². The third-order valence-electron chi connectivity index (χ3n) is 5.04. The van der Waals surface area contributed by atoms with Gasteiger partial charge in [-0.2, -0.15) is 0 Å². The highest BCUT2D eigenvalue weighted by Crippen LogP contribution is 2.38. The van der Waals surface area contributed by atoms with Crippen molar-refractivity contribution in [1.29, 1.82) is 0 Å². The SMILES string of the molecule is COC(CC(C)C)(C1COC(C(C)C)O1)C(O)C1COC(C(C)C)O1. The van der Waals surface area contributed by atoms with Crippen LogP contribution in [-0.2, 0) is 23.7 Å². The lowest BCUT2D eigenvalue weighted by molar-refractivity contribution is -0.217. The maximum atomic E-state index is 11.2.